The molecule has 23 heavy (non-hydrogen) atoms. The van der Waals surface area contributed by atoms with E-state index < -0.39 is 0 Å². The number of hydrogen-bond acceptors (Lipinski definition) is 3. The molecule has 0 unspecified atom stereocenters. The molecule has 1 amide bonds. The summed E-state index contributed by atoms with van der Waals surface area (Å²) in [6.07, 6.45) is 5.40. The number of aromatic nitrogens is 2. The molecular formula is C18H24N4O. The van der Waals surface area contributed by atoms with Crippen LogP contribution in [0.3, 0.4) is 0 Å². The standard InChI is InChI=1S/C18H24N4O/c1-20-14-17(13-19-20)15-21-9-11-22(12-10-21)18(23)8-7-16-5-3-2-4-6-16/h2-6,13-14H,7-12,15H2,1H3. The summed E-state index contributed by atoms with van der Waals surface area (Å²) in [5, 5.41) is 4.20. The lowest BCUT2D eigenvalue weighted by Crippen LogP contribution is -2.48. The van der Waals surface area contributed by atoms with Gasteiger partial charge in [-0.2, -0.15) is 5.10 Å². The maximum Gasteiger partial charge on any atom is 0.222 e. The molecule has 1 saturated heterocycles. The molecule has 0 bridgehead atoms. The molecule has 0 radical (unpaired) electrons. The van der Waals surface area contributed by atoms with Crippen molar-refractivity contribution in [2.24, 2.45) is 7.05 Å². The minimum atomic E-state index is 0.273. The highest BCUT2D eigenvalue weighted by Crippen LogP contribution is 2.10. The molecule has 0 saturated carbocycles. The highest BCUT2D eigenvalue weighted by Gasteiger charge is 2.21. The number of amides is 1. The molecule has 2 heterocycles. The summed E-state index contributed by atoms with van der Waals surface area (Å²) in [5.74, 6) is 0.273. The fraction of sp³-hybridized carbons (Fsp3) is 0.444. The second-order valence-electron chi connectivity index (χ2n) is 6.16. The predicted octanol–water partition coefficient (Wildman–Crippen LogP) is 1.70. The van der Waals surface area contributed by atoms with Gasteiger partial charge in [0.15, 0.2) is 0 Å². The van der Waals surface area contributed by atoms with E-state index in [1.54, 1.807) is 0 Å². The van der Waals surface area contributed by atoms with E-state index in [1.165, 1.54) is 11.1 Å². The van der Waals surface area contributed by atoms with Crippen LogP contribution >= 0.6 is 0 Å². The van der Waals surface area contributed by atoms with Crippen LogP contribution in [0.4, 0.5) is 0 Å². The molecule has 5 heteroatoms. The number of hydrogen-bond donors (Lipinski definition) is 0. The van der Waals surface area contributed by atoms with Crippen LogP contribution in [0, 0.1) is 0 Å². The van der Waals surface area contributed by atoms with Crippen LogP contribution in [0.25, 0.3) is 0 Å². The summed E-state index contributed by atoms with van der Waals surface area (Å²) in [6, 6.07) is 10.2. The van der Waals surface area contributed by atoms with Crippen LogP contribution in [0.5, 0.6) is 0 Å². The fourth-order valence-electron chi connectivity index (χ4n) is 3.02. The van der Waals surface area contributed by atoms with E-state index >= 15 is 0 Å². The quantitative estimate of drug-likeness (QED) is 0.844. The van der Waals surface area contributed by atoms with E-state index in [4.69, 9.17) is 0 Å². The van der Waals surface area contributed by atoms with Gasteiger partial charge in [0.25, 0.3) is 0 Å². The van der Waals surface area contributed by atoms with Gasteiger partial charge in [-0.25, -0.2) is 0 Å². The fourth-order valence-corrected chi connectivity index (χ4v) is 3.02. The van der Waals surface area contributed by atoms with Gasteiger partial charge in [-0.3, -0.25) is 14.4 Å². The minimum absolute atomic E-state index is 0.273. The van der Waals surface area contributed by atoms with E-state index in [0.29, 0.717) is 6.42 Å². The first kappa shape index (κ1) is 15.7. The number of piperazine rings is 1. The van der Waals surface area contributed by atoms with Gasteiger partial charge in [0.1, 0.15) is 0 Å². The van der Waals surface area contributed by atoms with E-state index in [-0.39, 0.29) is 5.91 Å². The zero-order valence-electron chi connectivity index (χ0n) is 13.7. The minimum Gasteiger partial charge on any atom is -0.340 e. The van der Waals surface area contributed by atoms with Gasteiger partial charge in [0.2, 0.25) is 5.91 Å². The summed E-state index contributed by atoms with van der Waals surface area (Å²) in [4.78, 5) is 16.7. The Morgan fingerprint density at radius 3 is 2.48 bits per heavy atom. The second-order valence-corrected chi connectivity index (χ2v) is 6.16. The zero-order valence-corrected chi connectivity index (χ0v) is 13.7. The Morgan fingerprint density at radius 2 is 1.83 bits per heavy atom. The van der Waals surface area contributed by atoms with Crippen LogP contribution in [0.1, 0.15) is 17.5 Å². The van der Waals surface area contributed by atoms with Crippen molar-refractivity contribution in [3.05, 3.63) is 53.9 Å². The summed E-state index contributed by atoms with van der Waals surface area (Å²) in [7, 11) is 1.94. The first-order valence-electron chi connectivity index (χ1n) is 8.22. The topological polar surface area (TPSA) is 41.4 Å². The normalized spacial score (nSPS) is 15.8. The summed E-state index contributed by atoms with van der Waals surface area (Å²) in [6.45, 7) is 4.44. The molecule has 0 atom stereocenters. The van der Waals surface area contributed by atoms with Crippen molar-refractivity contribution >= 4 is 5.91 Å². The van der Waals surface area contributed by atoms with Crippen molar-refractivity contribution < 1.29 is 4.79 Å². The SMILES string of the molecule is Cn1cc(CN2CCN(C(=O)CCc3ccccc3)CC2)cn1. The van der Waals surface area contributed by atoms with E-state index in [9.17, 15) is 4.79 Å². The van der Waals surface area contributed by atoms with Gasteiger partial charge in [-0.15, -0.1) is 0 Å². The Morgan fingerprint density at radius 1 is 1.09 bits per heavy atom. The maximum atomic E-state index is 12.3. The largest absolute Gasteiger partial charge is 0.340 e. The van der Waals surface area contributed by atoms with E-state index in [1.807, 2.05) is 41.0 Å². The third kappa shape index (κ3) is 4.42. The average Bonchev–Trinajstić information content (AvgIpc) is 2.99. The Balaban J connectivity index is 1.42. The summed E-state index contributed by atoms with van der Waals surface area (Å²) < 4.78 is 1.83. The molecule has 0 aliphatic carbocycles. The molecule has 1 fully saturated rings. The van der Waals surface area contributed by atoms with Crippen molar-refractivity contribution in [2.75, 3.05) is 26.2 Å². The zero-order chi connectivity index (χ0) is 16.1. The Hall–Kier alpha value is -2.14. The van der Waals surface area contributed by atoms with Crippen LogP contribution in [0.2, 0.25) is 0 Å². The predicted molar refractivity (Wildman–Crippen MR) is 89.8 cm³/mol. The third-order valence-corrected chi connectivity index (χ3v) is 4.36. The number of carbonyl (C=O) groups excluding carboxylic acids is 1. The number of aryl methyl sites for hydroxylation is 2. The van der Waals surface area contributed by atoms with Gasteiger partial charge >= 0.3 is 0 Å². The van der Waals surface area contributed by atoms with Crippen LogP contribution in [-0.4, -0.2) is 51.7 Å². The number of benzene rings is 1. The molecule has 1 aromatic carbocycles. The van der Waals surface area contributed by atoms with Crippen LogP contribution in [-0.2, 0) is 24.8 Å². The Kier molecular flexibility index (Phi) is 5.08. The Labute approximate surface area is 137 Å². The molecule has 1 aromatic heterocycles. The summed E-state index contributed by atoms with van der Waals surface area (Å²) in [5.41, 5.74) is 2.47. The first-order valence-corrected chi connectivity index (χ1v) is 8.22. The van der Waals surface area contributed by atoms with Crippen molar-refractivity contribution in [3.63, 3.8) is 0 Å². The van der Waals surface area contributed by atoms with Crippen LogP contribution in [0.15, 0.2) is 42.7 Å². The van der Waals surface area contributed by atoms with E-state index in [0.717, 1.165) is 39.1 Å². The molecule has 0 N–H and O–H groups in total. The number of nitrogens with zero attached hydrogens (tertiary/aromatic N) is 4. The molecule has 3 rings (SSSR count). The molecule has 1 aliphatic rings. The van der Waals surface area contributed by atoms with Gasteiger partial charge in [-0.05, 0) is 12.0 Å². The molecule has 2 aromatic rings. The van der Waals surface area contributed by atoms with Crippen LogP contribution < -0.4 is 0 Å². The Bertz CT molecular complexity index is 629. The highest BCUT2D eigenvalue weighted by atomic mass is 16.2. The van der Waals surface area contributed by atoms with Gasteiger partial charge in [-0.1, -0.05) is 30.3 Å². The molecule has 0 spiro atoms. The number of carbonyl (C=O) groups is 1. The van der Waals surface area contributed by atoms with Gasteiger partial charge in [0.05, 0.1) is 6.20 Å². The monoisotopic (exact) mass is 312 g/mol. The second kappa shape index (κ2) is 7.42. The smallest absolute Gasteiger partial charge is 0.222 e. The molecular weight excluding hydrogens is 288 g/mol. The lowest BCUT2D eigenvalue weighted by Gasteiger charge is -2.34. The number of rotatable bonds is 5. The maximum absolute atomic E-state index is 12.3. The van der Waals surface area contributed by atoms with Crippen molar-refractivity contribution in [1.29, 1.82) is 0 Å². The van der Waals surface area contributed by atoms with Gasteiger partial charge < -0.3 is 4.90 Å². The van der Waals surface area contributed by atoms with Crippen molar-refractivity contribution in [3.8, 4) is 0 Å². The third-order valence-electron chi connectivity index (χ3n) is 4.36. The van der Waals surface area contributed by atoms with Gasteiger partial charge in [0, 0.05) is 58.0 Å². The molecule has 1 aliphatic heterocycles. The first-order chi connectivity index (χ1) is 11.2. The van der Waals surface area contributed by atoms with Crippen molar-refractivity contribution in [1.82, 2.24) is 19.6 Å². The van der Waals surface area contributed by atoms with Crippen molar-refractivity contribution in [2.45, 2.75) is 19.4 Å². The average molecular weight is 312 g/mol. The molecule has 122 valence electrons. The lowest BCUT2D eigenvalue weighted by molar-refractivity contribution is -0.133. The summed E-state index contributed by atoms with van der Waals surface area (Å²) >= 11 is 0. The molecule has 5 nitrogen and oxygen atoms in total. The van der Waals surface area contributed by atoms with E-state index in [2.05, 4.69) is 28.3 Å². The lowest BCUT2D eigenvalue weighted by atomic mass is 10.1. The highest BCUT2D eigenvalue weighted by molar-refractivity contribution is 5.76.